The first-order valence-corrected chi connectivity index (χ1v) is 11.8. The van der Waals surface area contributed by atoms with Crippen molar-refractivity contribution >= 4 is 34.5 Å². The number of hydrogen-bond donors (Lipinski definition) is 1. The molecule has 1 atom stereocenters. The van der Waals surface area contributed by atoms with Gasteiger partial charge in [0.05, 0.1) is 24.4 Å². The lowest BCUT2D eigenvalue weighted by atomic mass is 9.95. The highest BCUT2D eigenvalue weighted by atomic mass is 35.5. The van der Waals surface area contributed by atoms with Crippen molar-refractivity contribution in [3.05, 3.63) is 100 Å². The molecule has 8 heteroatoms. The molecule has 2 aromatic carbocycles. The Morgan fingerprint density at radius 1 is 1.12 bits per heavy atom. The van der Waals surface area contributed by atoms with Gasteiger partial charge < -0.3 is 19.2 Å². The van der Waals surface area contributed by atoms with E-state index in [0.29, 0.717) is 28.4 Å². The number of hydrogen-bond acceptors (Lipinski definition) is 5. The van der Waals surface area contributed by atoms with Crippen LogP contribution in [0.25, 0.3) is 17.0 Å². The second-order valence-corrected chi connectivity index (χ2v) is 8.90. The number of furan rings is 1. The van der Waals surface area contributed by atoms with E-state index in [1.165, 1.54) is 5.56 Å². The van der Waals surface area contributed by atoms with Crippen LogP contribution < -0.4 is 5.32 Å². The number of nitrogens with zero attached hydrogens (tertiary/aromatic N) is 3. The Labute approximate surface area is 208 Å². The predicted octanol–water partition coefficient (Wildman–Crippen LogP) is 6.41. The molecule has 6 nitrogen and oxygen atoms in total. The van der Waals surface area contributed by atoms with Crippen LogP contribution in [0.2, 0.25) is 5.02 Å². The van der Waals surface area contributed by atoms with Gasteiger partial charge in [0.25, 0.3) is 5.89 Å². The lowest BCUT2D eigenvalue weighted by Crippen LogP contribution is -2.45. The fourth-order valence-corrected chi connectivity index (χ4v) is 4.60. The molecule has 0 amide bonds. The molecule has 34 heavy (non-hydrogen) atoms. The van der Waals surface area contributed by atoms with Crippen LogP contribution in [0.3, 0.4) is 0 Å². The quantitative estimate of drug-likeness (QED) is 0.313. The standard InChI is InChI=1S/C26H23ClN4O2S/c1-3-17-9-11-18(12-10-17)24-29-25(33-30-24)22-16(2)31(15-21-8-5-13-32-21)26(34)28-23(22)19-6-4-7-20(27)14-19/h4-14,23H,3,15H2,1-2H3,(H,28,34). The van der Waals surface area contributed by atoms with Crippen LogP contribution >= 0.6 is 23.8 Å². The molecule has 2 aromatic heterocycles. The fourth-order valence-electron chi connectivity index (χ4n) is 4.08. The van der Waals surface area contributed by atoms with Crippen LogP contribution in [-0.4, -0.2) is 20.2 Å². The van der Waals surface area contributed by atoms with Gasteiger partial charge in [-0.05, 0) is 61.0 Å². The normalized spacial score (nSPS) is 16.1. The third kappa shape index (κ3) is 4.36. The molecule has 1 unspecified atom stereocenters. The van der Waals surface area contributed by atoms with Gasteiger partial charge in [0.2, 0.25) is 5.82 Å². The molecule has 0 fully saturated rings. The van der Waals surface area contributed by atoms with Crippen molar-refractivity contribution in [1.82, 2.24) is 20.4 Å². The zero-order valence-electron chi connectivity index (χ0n) is 18.8. The first-order valence-electron chi connectivity index (χ1n) is 11.0. The van der Waals surface area contributed by atoms with Crippen molar-refractivity contribution < 1.29 is 8.94 Å². The minimum atomic E-state index is -0.296. The van der Waals surface area contributed by atoms with E-state index in [4.69, 9.17) is 37.7 Å². The van der Waals surface area contributed by atoms with Crippen LogP contribution in [0, 0.1) is 0 Å². The molecule has 172 valence electrons. The summed E-state index contributed by atoms with van der Waals surface area (Å²) in [5, 5.41) is 8.93. The number of aryl methyl sites for hydroxylation is 1. The minimum absolute atomic E-state index is 0.296. The molecule has 1 N–H and O–H groups in total. The van der Waals surface area contributed by atoms with E-state index in [1.54, 1.807) is 6.26 Å². The number of benzene rings is 2. The molecule has 0 saturated carbocycles. The Bertz CT molecular complexity index is 1350. The summed E-state index contributed by atoms with van der Waals surface area (Å²) < 4.78 is 11.4. The minimum Gasteiger partial charge on any atom is -0.467 e. The van der Waals surface area contributed by atoms with Crippen molar-refractivity contribution in [2.75, 3.05) is 0 Å². The highest BCUT2D eigenvalue weighted by Crippen LogP contribution is 2.38. The van der Waals surface area contributed by atoms with E-state index in [2.05, 4.69) is 29.5 Å². The van der Waals surface area contributed by atoms with Crippen molar-refractivity contribution in [1.29, 1.82) is 0 Å². The maximum atomic E-state index is 6.31. The van der Waals surface area contributed by atoms with Crippen LogP contribution in [0.1, 0.15) is 42.7 Å². The average Bonchev–Trinajstić information content (AvgIpc) is 3.54. The molecule has 1 aliphatic rings. The topological polar surface area (TPSA) is 67.3 Å². The van der Waals surface area contributed by atoms with Gasteiger partial charge in [-0.3, -0.25) is 0 Å². The maximum Gasteiger partial charge on any atom is 0.258 e. The van der Waals surface area contributed by atoms with Crippen LogP contribution in [0.4, 0.5) is 0 Å². The Hall–Kier alpha value is -3.42. The van der Waals surface area contributed by atoms with Gasteiger partial charge >= 0.3 is 0 Å². The van der Waals surface area contributed by atoms with E-state index in [1.807, 2.05) is 60.4 Å². The summed E-state index contributed by atoms with van der Waals surface area (Å²) in [5.41, 5.74) is 4.85. The summed E-state index contributed by atoms with van der Waals surface area (Å²) in [6, 6.07) is 19.3. The number of halogens is 1. The van der Waals surface area contributed by atoms with E-state index in [-0.39, 0.29) is 6.04 Å². The molecule has 5 rings (SSSR count). The van der Waals surface area contributed by atoms with Gasteiger partial charge in [-0.2, -0.15) is 4.98 Å². The molecule has 0 radical (unpaired) electrons. The number of allylic oxidation sites excluding steroid dienone is 1. The first-order chi connectivity index (χ1) is 16.5. The Balaban J connectivity index is 1.58. The molecular formula is C26H23ClN4O2S. The summed E-state index contributed by atoms with van der Waals surface area (Å²) in [6.45, 7) is 4.61. The monoisotopic (exact) mass is 490 g/mol. The second kappa shape index (κ2) is 9.44. The van der Waals surface area contributed by atoms with Gasteiger partial charge in [0, 0.05) is 16.3 Å². The second-order valence-electron chi connectivity index (χ2n) is 8.08. The van der Waals surface area contributed by atoms with E-state index in [0.717, 1.165) is 34.6 Å². The lowest BCUT2D eigenvalue weighted by molar-refractivity contribution is 0.382. The summed E-state index contributed by atoms with van der Waals surface area (Å²) in [5.74, 6) is 1.76. The molecule has 0 spiro atoms. The number of nitrogens with one attached hydrogen (secondary N) is 1. The van der Waals surface area contributed by atoms with Crippen molar-refractivity contribution in [3.63, 3.8) is 0 Å². The molecule has 0 aliphatic carbocycles. The van der Waals surface area contributed by atoms with Crippen molar-refractivity contribution in [2.24, 2.45) is 0 Å². The van der Waals surface area contributed by atoms with Crippen LogP contribution in [0.15, 0.2) is 81.6 Å². The maximum absolute atomic E-state index is 6.31. The first kappa shape index (κ1) is 22.4. The van der Waals surface area contributed by atoms with Gasteiger partial charge in [-0.1, -0.05) is 60.1 Å². The zero-order valence-corrected chi connectivity index (χ0v) is 20.4. The molecule has 1 aliphatic heterocycles. The highest BCUT2D eigenvalue weighted by Gasteiger charge is 2.34. The largest absolute Gasteiger partial charge is 0.467 e. The Morgan fingerprint density at radius 2 is 1.94 bits per heavy atom. The Kier molecular flexibility index (Phi) is 6.22. The molecule has 0 bridgehead atoms. The van der Waals surface area contributed by atoms with E-state index in [9.17, 15) is 0 Å². The Morgan fingerprint density at radius 3 is 2.65 bits per heavy atom. The fraction of sp³-hybridized carbons (Fsp3) is 0.192. The third-order valence-electron chi connectivity index (χ3n) is 5.95. The number of thiocarbonyl (C=S) groups is 1. The predicted molar refractivity (Wildman–Crippen MR) is 136 cm³/mol. The van der Waals surface area contributed by atoms with E-state index < -0.39 is 0 Å². The number of rotatable bonds is 6. The van der Waals surface area contributed by atoms with Crippen LogP contribution in [-0.2, 0) is 13.0 Å². The van der Waals surface area contributed by atoms with E-state index >= 15 is 0 Å². The van der Waals surface area contributed by atoms with Crippen molar-refractivity contribution in [3.8, 4) is 11.4 Å². The van der Waals surface area contributed by atoms with Crippen LogP contribution in [0.5, 0.6) is 0 Å². The van der Waals surface area contributed by atoms with Gasteiger partial charge in [-0.15, -0.1) is 0 Å². The summed E-state index contributed by atoms with van der Waals surface area (Å²) >= 11 is 12.0. The summed E-state index contributed by atoms with van der Waals surface area (Å²) in [7, 11) is 0. The van der Waals surface area contributed by atoms with Gasteiger partial charge in [-0.25, -0.2) is 0 Å². The zero-order chi connectivity index (χ0) is 23.7. The molecule has 3 heterocycles. The molecule has 4 aromatic rings. The average molecular weight is 491 g/mol. The number of aromatic nitrogens is 2. The summed E-state index contributed by atoms with van der Waals surface area (Å²) in [6.07, 6.45) is 2.63. The molecular weight excluding hydrogens is 468 g/mol. The SMILES string of the molecule is CCc1ccc(-c2noc(C3=C(C)N(Cc4ccco4)C(=S)NC3c3cccc(Cl)c3)n2)cc1. The summed E-state index contributed by atoms with van der Waals surface area (Å²) in [4.78, 5) is 6.74. The smallest absolute Gasteiger partial charge is 0.258 e. The third-order valence-corrected chi connectivity index (χ3v) is 6.52. The lowest BCUT2D eigenvalue weighted by Gasteiger charge is -2.37. The van der Waals surface area contributed by atoms with Crippen molar-refractivity contribution in [2.45, 2.75) is 32.9 Å². The highest BCUT2D eigenvalue weighted by molar-refractivity contribution is 7.80. The molecule has 0 saturated heterocycles. The van der Waals surface area contributed by atoms with Gasteiger partial charge in [0.15, 0.2) is 5.11 Å². The van der Waals surface area contributed by atoms with Gasteiger partial charge in [0.1, 0.15) is 5.76 Å².